The van der Waals surface area contributed by atoms with Gasteiger partial charge in [-0.15, -0.1) is 0 Å². The van der Waals surface area contributed by atoms with Crippen LogP contribution in [-0.2, 0) is 11.3 Å². The number of urea groups is 1. The minimum absolute atomic E-state index is 0.00248. The minimum atomic E-state index is -0.213. The molecule has 0 spiro atoms. The smallest absolute Gasteiger partial charge is 0.315 e. The molecule has 1 aliphatic heterocycles. The minimum Gasteiger partial charge on any atom is -0.497 e. The second-order valence-corrected chi connectivity index (χ2v) is 10.2. The number of hydrogen-bond acceptors (Lipinski definition) is 7. The molecule has 0 aliphatic carbocycles. The average Bonchev–Trinajstić information content (AvgIpc) is 3.42. The molecule has 1 saturated heterocycles. The molecule has 3 rings (SSSR count). The lowest BCUT2D eigenvalue weighted by molar-refractivity contribution is 0.0661. The number of nitrogens with zero attached hydrogens (tertiary/aromatic N) is 1. The number of nitrogens with one attached hydrogen (secondary N) is 3. The molecule has 220 valence electrons. The van der Waals surface area contributed by atoms with Gasteiger partial charge in [-0.1, -0.05) is 12.1 Å². The first-order valence-electron chi connectivity index (χ1n) is 13.8. The third-order valence-corrected chi connectivity index (χ3v) is 7.09. The van der Waals surface area contributed by atoms with Gasteiger partial charge < -0.3 is 39.8 Å². The third kappa shape index (κ3) is 9.02. The summed E-state index contributed by atoms with van der Waals surface area (Å²) >= 11 is 0. The summed E-state index contributed by atoms with van der Waals surface area (Å²) in [6.07, 6.45) is 0.736. The van der Waals surface area contributed by atoms with Crippen LogP contribution in [0.4, 0.5) is 4.79 Å². The van der Waals surface area contributed by atoms with E-state index in [2.05, 4.69) is 16.0 Å². The van der Waals surface area contributed by atoms with Crippen LogP contribution in [-0.4, -0.2) is 83.6 Å². The lowest BCUT2D eigenvalue weighted by Gasteiger charge is -2.32. The molecule has 0 radical (unpaired) electrons. The number of carbonyl (C=O) groups excluding carboxylic acids is 2. The van der Waals surface area contributed by atoms with Gasteiger partial charge in [0.15, 0.2) is 11.5 Å². The number of ether oxygens (including phenoxy) is 4. The lowest BCUT2D eigenvalue weighted by atomic mass is 9.94. The van der Waals surface area contributed by atoms with Crippen molar-refractivity contribution < 1.29 is 28.5 Å². The standard InChI is InChI=1S/C30H44N4O6/c1-21(2)34(29(35)23-9-12-27(39-5)28(15-23)40-14-6-13-37-3)20-25-18-31-17-24(25)19-33-30(36)32-16-22-7-10-26(38-4)11-8-22/h7-12,15,21,24-25,31H,6,13-14,16-20H2,1-5H3,(H2,32,33,36)/t24-,25-/m0/s1. The number of amides is 3. The van der Waals surface area contributed by atoms with Gasteiger partial charge in [-0.05, 0) is 61.6 Å². The number of carbonyl (C=O) groups is 2. The predicted octanol–water partition coefficient (Wildman–Crippen LogP) is 3.30. The van der Waals surface area contributed by atoms with Crippen LogP contribution in [0.3, 0.4) is 0 Å². The van der Waals surface area contributed by atoms with Crippen LogP contribution in [0, 0.1) is 11.8 Å². The van der Waals surface area contributed by atoms with Crippen LogP contribution in [0.15, 0.2) is 42.5 Å². The Hall–Kier alpha value is -3.50. The fourth-order valence-electron chi connectivity index (χ4n) is 4.71. The van der Waals surface area contributed by atoms with Gasteiger partial charge in [-0.25, -0.2) is 4.79 Å². The molecule has 3 N–H and O–H groups in total. The highest BCUT2D eigenvalue weighted by Gasteiger charge is 2.32. The number of hydrogen-bond donors (Lipinski definition) is 3. The van der Waals surface area contributed by atoms with E-state index in [4.69, 9.17) is 18.9 Å². The van der Waals surface area contributed by atoms with Crippen molar-refractivity contribution in [2.45, 2.75) is 32.9 Å². The Labute approximate surface area is 237 Å². The number of rotatable bonds is 15. The molecule has 10 nitrogen and oxygen atoms in total. The summed E-state index contributed by atoms with van der Waals surface area (Å²) in [6.45, 7) is 8.20. The molecule has 1 heterocycles. The van der Waals surface area contributed by atoms with Gasteiger partial charge in [0.25, 0.3) is 5.91 Å². The van der Waals surface area contributed by atoms with E-state index in [0.29, 0.717) is 49.9 Å². The molecule has 0 saturated carbocycles. The quantitative estimate of drug-likeness (QED) is 0.289. The summed E-state index contributed by atoms with van der Waals surface area (Å²) in [4.78, 5) is 28.0. The van der Waals surface area contributed by atoms with Crippen LogP contribution in [0.5, 0.6) is 17.2 Å². The Morgan fingerprint density at radius 2 is 1.70 bits per heavy atom. The lowest BCUT2D eigenvalue weighted by Crippen LogP contribution is -2.44. The SMILES string of the molecule is COCCCOc1cc(C(=O)N(C[C@@H]2CNC[C@H]2CNC(=O)NCc2ccc(OC)cc2)C(C)C)ccc1OC. The summed E-state index contributed by atoms with van der Waals surface area (Å²) in [5.41, 5.74) is 1.54. The van der Waals surface area contributed by atoms with Gasteiger partial charge in [0, 0.05) is 64.5 Å². The van der Waals surface area contributed by atoms with Crippen molar-refractivity contribution in [3.05, 3.63) is 53.6 Å². The topological polar surface area (TPSA) is 110 Å². The molecule has 2 aromatic rings. The zero-order valence-electron chi connectivity index (χ0n) is 24.3. The highest BCUT2D eigenvalue weighted by molar-refractivity contribution is 5.95. The molecule has 0 bridgehead atoms. The van der Waals surface area contributed by atoms with Crippen LogP contribution in [0.25, 0.3) is 0 Å². The van der Waals surface area contributed by atoms with Crippen molar-refractivity contribution >= 4 is 11.9 Å². The zero-order chi connectivity index (χ0) is 28.9. The fraction of sp³-hybridized carbons (Fsp3) is 0.533. The van der Waals surface area contributed by atoms with Crippen molar-refractivity contribution in [1.29, 1.82) is 0 Å². The first-order valence-corrected chi connectivity index (χ1v) is 13.8. The highest BCUT2D eigenvalue weighted by Crippen LogP contribution is 2.29. The van der Waals surface area contributed by atoms with Crippen LogP contribution in [0.1, 0.15) is 36.2 Å². The monoisotopic (exact) mass is 556 g/mol. The molecule has 1 aliphatic rings. The van der Waals surface area contributed by atoms with Crippen molar-refractivity contribution in [1.82, 2.24) is 20.9 Å². The van der Waals surface area contributed by atoms with Crippen LogP contribution >= 0.6 is 0 Å². The third-order valence-electron chi connectivity index (χ3n) is 7.09. The van der Waals surface area contributed by atoms with Gasteiger partial charge in [-0.2, -0.15) is 0 Å². The van der Waals surface area contributed by atoms with E-state index in [1.807, 2.05) is 43.0 Å². The van der Waals surface area contributed by atoms with E-state index in [9.17, 15) is 9.59 Å². The van der Waals surface area contributed by atoms with Crippen molar-refractivity contribution in [3.8, 4) is 17.2 Å². The largest absolute Gasteiger partial charge is 0.497 e. The summed E-state index contributed by atoms with van der Waals surface area (Å²) in [7, 11) is 4.86. The van der Waals surface area contributed by atoms with E-state index < -0.39 is 0 Å². The number of benzene rings is 2. The van der Waals surface area contributed by atoms with E-state index in [0.717, 1.165) is 30.8 Å². The molecule has 0 aromatic heterocycles. The zero-order valence-corrected chi connectivity index (χ0v) is 24.3. The van der Waals surface area contributed by atoms with Crippen LogP contribution in [0.2, 0.25) is 0 Å². The Morgan fingerprint density at radius 3 is 2.38 bits per heavy atom. The Balaban J connectivity index is 1.56. The van der Waals surface area contributed by atoms with Gasteiger partial charge in [0.05, 0.1) is 20.8 Å². The first-order chi connectivity index (χ1) is 19.4. The first kappa shape index (κ1) is 31.0. The molecule has 0 unspecified atom stereocenters. The maximum absolute atomic E-state index is 13.6. The molecule has 10 heteroatoms. The Bertz CT molecular complexity index is 1080. The molecule has 40 heavy (non-hydrogen) atoms. The average molecular weight is 557 g/mol. The maximum Gasteiger partial charge on any atom is 0.315 e. The molecular formula is C30H44N4O6. The van der Waals surface area contributed by atoms with Crippen molar-refractivity contribution in [2.75, 3.05) is 60.7 Å². The summed E-state index contributed by atoms with van der Waals surface area (Å²) in [5, 5.41) is 9.33. The van der Waals surface area contributed by atoms with Gasteiger partial charge >= 0.3 is 6.03 Å². The molecule has 2 aromatic carbocycles. The Morgan fingerprint density at radius 1 is 0.950 bits per heavy atom. The van der Waals surface area contributed by atoms with E-state index in [1.54, 1.807) is 39.5 Å². The number of methoxy groups -OCH3 is 3. The Kier molecular flexibility index (Phi) is 12.4. The normalized spacial score (nSPS) is 16.4. The van der Waals surface area contributed by atoms with Crippen LogP contribution < -0.4 is 30.2 Å². The molecule has 3 amide bonds. The van der Waals surface area contributed by atoms with Crippen molar-refractivity contribution in [2.24, 2.45) is 11.8 Å². The second kappa shape index (κ2) is 15.9. The van der Waals surface area contributed by atoms with Gasteiger partial charge in [0.1, 0.15) is 5.75 Å². The highest BCUT2D eigenvalue weighted by atomic mass is 16.5. The molecule has 2 atom stereocenters. The summed E-state index contributed by atoms with van der Waals surface area (Å²) in [5.74, 6) is 2.25. The van der Waals surface area contributed by atoms with Gasteiger partial charge in [-0.3, -0.25) is 4.79 Å². The maximum atomic E-state index is 13.6. The van der Waals surface area contributed by atoms with E-state index >= 15 is 0 Å². The molecular weight excluding hydrogens is 512 g/mol. The summed E-state index contributed by atoms with van der Waals surface area (Å²) < 4.78 is 21.6. The van der Waals surface area contributed by atoms with Gasteiger partial charge in [0.2, 0.25) is 0 Å². The fourth-order valence-corrected chi connectivity index (χ4v) is 4.71. The predicted molar refractivity (Wildman–Crippen MR) is 154 cm³/mol. The second-order valence-electron chi connectivity index (χ2n) is 10.2. The van der Waals surface area contributed by atoms with Crippen molar-refractivity contribution in [3.63, 3.8) is 0 Å². The summed E-state index contributed by atoms with van der Waals surface area (Å²) in [6, 6.07) is 12.7. The van der Waals surface area contributed by atoms with E-state index in [-0.39, 0.29) is 29.8 Å². The molecule has 1 fully saturated rings. The van der Waals surface area contributed by atoms with E-state index in [1.165, 1.54) is 0 Å².